The minimum absolute atomic E-state index is 0.0581. The van der Waals surface area contributed by atoms with Gasteiger partial charge in [0.2, 0.25) is 0 Å². The second-order valence-corrected chi connectivity index (χ2v) is 8.46. The van der Waals surface area contributed by atoms with Gasteiger partial charge in [0.1, 0.15) is 29.5 Å². The normalized spacial score (nSPS) is 14.0. The number of rotatable bonds is 7. The first-order valence-corrected chi connectivity index (χ1v) is 10.3. The molecule has 0 saturated heterocycles. The highest BCUT2D eigenvalue weighted by Crippen LogP contribution is 2.39. The molecule has 1 heterocycles. The number of hydrogen-bond acceptors (Lipinski definition) is 3. The predicted octanol–water partition coefficient (Wildman–Crippen LogP) is 5.80. The van der Waals surface area contributed by atoms with Crippen LogP contribution in [0.4, 0.5) is 4.39 Å². The molecule has 0 saturated carbocycles. The highest BCUT2D eigenvalue weighted by molar-refractivity contribution is 5.71. The zero-order valence-corrected chi connectivity index (χ0v) is 17.7. The summed E-state index contributed by atoms with van der Waals surface area (Å²) in [5.74, 6) is 0.204. The average Bonchev–Trinajstić information content (AvgIpc) is 3.05. The molecule has 5 heteroatoms. The molecule has 3 aromatic rings. The van der Waals surface area contributed by atoms with Crippen molar-refractivity contribution in [1.29, 1.82) is 0 Å². The van der Waals surface area contributed by atoms with Crippen LogP contribution in [0.25, 0.3) is 11.1 Å². The molecule has 160 valence electrons. The molecule has 1 aliphatic heterocycles. The number of aryl methyl sites for hydroxylation is 1. The van der Waals surface area contributed by atoms with Crippen LogP contribution in [0.5, 0.6) is 11.5 Å². The Morgan fingerprint density at radius 1 is 1.10 bits per heavy atom. The highest BCUT2D eigenvalue weighted by Gasteiger charge is 2.32. The summed E-state index contributed by atoms with van der Waals surface area (Å²) in [6, 6.07) is 18.4. The summed E-state index contributed by atoms with van der Waals surface area (Å²) in [5.41, 5.74) is 4.04. The number of ether oxygens (including phenoxy) is 2. The van der Waals surface area contributed by atoms with Crippen molar-refractivity contribution in [3.05, 3.63) is 83.2 Å². The Kier molecular flexibility index (Phi) is 5.68. The summed E-state index contributed by atoms with van der Waals surface area (Å²) >= 11 is 0. The quantitative estimate of drug-likeness (QED) is 0.525. The van der Waals surface area contributed by atoms with E-state index in [0.29, 0.717) is 29.9 Å². The molecule has 0 amide bonds. The maximum Gasteiger partial charge on any atom is 0.303 e. The molecule has 1 N–H and O–H groups in total. The topological polar surface area (TPSA) is 55.8 Å². The Morgan fingerprint density at radius 2 is 1.87 bits per heavy atom. The molecule has 4 nitrogen and oxygen atoms in total. The van der Waals surface area contributed by atoms with Gasteiger partial charge in [0.25, 0.3) is 0 Å². The van der Waals surface area contributed by atoms with Crippen LogP contribution in [0, 0.1) is 5.82 Å². The maximum atomic E-state index is 14.1. The summed E-state index contributed by atoms with van der Waals surface area (Å²) in [6.45, 7) is 4.15. The zero-order chi connectivity index (χ0) is 22.0. The van der Waals surface area contributed by atoms with Gasteiger partial charge in [-0.2, -0.15) is 0 Å². The van der Waals surface area contributed by atoms with E-state index in [1.54, 1.807) is 0 Å². The van der Waals surface area contributed by atoms with E-state index >= 15 is 0 Å². The summed E-state index contributed by atoms with van der Waals surface area (Å²) < 4.78 is 26.2. The molecule has 4 rings (SSSR count). The van der Waals surface area contributed by atoms with Crippen molar-refractivity contribution in [2.24, 2.45) is 0 Å². The van der Waals surface area contributed by atoms with Gasteiger partial charge in [-0.3, -0.25) is 4.79 Å². The van der Waals surface area contributed by atoms with Crippen LogP contribution in [0.1, 0.15) is 37.0 Å². The second-order valence-electron chi connectivity index (χ2n) is 8.46. The van der Waals surface area contributed by atoms with Crippen molar-refractivity contribution in [3.63, 3.8) is 0 Å². The predicted molar refractivity (Wildman–Crippen MR) is 117 cm³/mol. The molecule has 0 bridgehead atoms. The molecule has 1 aliphatic rings. The lowest BCUT2D eigenvalue weighted by molar-refractivity contribution is -0.136. The SMILES string of the molecule is CC1(C)Cc2cc(F)cc(COc3ccc(CCC(=O)O)c(-c4ccccc4)c3)c2O1. The van der Waals surface area contributed by atoms with E-state index in [-0.39, 0.29) is 24.4 Å². The van der Waals surface area contributed by atoms with E-state index in [1.807, 2.05) is 62.4 Å². The molecular weight excluding hydrogens is 395 g/mol. The molecular formula is C26H25FO4. The van der Waals surface area contributed by atoms with Gasteiger partial charge in [0.15, 0.2) is 0 Å². The van der Waals surface area contributed by atoms with Crippen molar-refractivity contribution >= 4 is 5.97 Å². The van der Waals surface area contributed by atoms with Crippen molar-refractivity contribution < 1.29 is 23.8 Å². The van der Waals surface area contributed by atoms with E-state index in [1.165, 1.54) is 12.1 Å². The lowest BCUT2D eigenvalue weighted by Gasteiger charge is -2.18. The molecule has 31 heavy (non-hydrogen) atoms. The molecule has 0 aliphatic carbocycles. The molecule has 0 spiro atoms. The third-order valence-electron chi connectivity index (χ3n) is 5.37. The number of carboxylic acid groups (broad SMARTS) is 1. The van der Waals surface area contributed by atoms with Gasteiger partial charge in [0.05, 0.1) is 0 Å². The first kappa shape index (κ1) is 20.9. The van der Waals surface area contributed by atoms with E-state index in [2.05, 4.69) is 0 Å². The van der Waals surface area contributed by atoms with Gasteiger partial charge in [-0.15, -0.1) is 0 Å². The maximum absolute atomic E-state index is 14.1. The summed E-state index contributed by atoms with van der Waals surface area (Å²) in [4.78, 5) is 11.0. The number of aliphatic carboxylic acids is 1. The first-order chi connectivity index (χ1) is 14.8. The molecule has 0 radical (unpaired) electrons. The Balaban J connectivity index is 1.60. The summed E-state index contributed by atoms with van der Waals surface area (Å²) in [6.07, 6.45) is 1.15. The molecule has 3 aromatic carbocycles. The van der Waals surface area contributed by atoms with Crippen molar-refractivity contribution in [2.75, 3.05) is 0 Å². The van der Waals surface area contributed by atoms with Crippen molar-refractivity contribution in [2.45, 2.75) is 45.3 Å². The van der Waals surface area contributed by atoms with Gasteiger partial charge in [-0.25, -0.2) is 4.39 Å². The van der Waals surface area contributed by atoms with Crippen LogP contribution in [0.15, 0.2) is 60.7 Å². The van der Waals surface area contributed by atoms with E-state index in [4.69, 9.17) is 14.6 Å². The second kappa shape index (κ2) is 8.42. The Labute approximate surface area is 181 Å². The Hall–Kier alpha value is -3.34. The molecule has 0 aromatic heterocycles. The van der Waals surface area contributed by atoms with Gasteiger partial charge in [-0.1, -0.05) is 36.4 Å². The van der Waals surface area contributed by atoms with Crippen molar-refractivity contribution in [1.82, 2.24) is 0 Å². The third-order valence-corrected chi connectivity index (χ3v) is 5.37. The smallest absolute Gasteiger partial charge is 0.303 e. The number of carboxylic acids is 1. The fourth-order valence-electron chi connectivity index (χ4n) is 4.01. The summed E-state index contributed by atoms with van der Waals surface area (Å²) in [5, 5.41) is 9.07. The van der Waals surface area contributed by atoms with Gasteiger partial charge in [-0.05, 0) is 61.2 Å². The first-order valence-electron chi connectivity index (χ1n) is 10.3. The Morgan fingerprint density at radius 3 is 2.61 bits per heavy atom. The number of fused-ring (bicyclic) bond motifs is 1. The minimum Gasteiger partial charge on any atom is -0.489 e. The van der Waals surface area contributed by atoms with Crippen LogP contribution < -0.4 is 9.47 Å². The fourth-order valence-corrected chi connectivity index (χ4v) is 4.01. The van der Waals surface area contributed by atoms with Gasteiger partial charge >= 0.3 is 5.97 Å². The molecule has 0 fully saturated rings. The number of hydrogen-bond donors (Lipinski definition) is 1. The van der Waals surface area contributed by atoms with Crippen molar-refractivity contribution in [3.8, 4) is 22.6 Å². The van der Waals surface area contributed by atoms with Crippen LogP contribution >= 0.6 is 0 Å². The minimum atomic E-state index is -0.831. The van der Waals surface area contributed by atoms with Gasteiger partial charge < -0.3 is 14.6 Å². The average molecular weight is 420 g/mol. The number of halogens is 1. The van der Waals surface area contributed by atoms with E-state index in [9.17, 15) is 9.18 Å². The number of carbonyl (C=O) groups is 1. The highest BCUT2D eigenvalue weighted by atomic mass is 19.1. The Bertz CT molecular complexity index is 1110. The van der Waals surface area contributed by atoms with Gasteiger partial charge in [0, 0.05) is 24.0 Å². The van der Waals surface area contributed by atoms with E-state index < -0.39 is 5.97 Å². The summed E-state index contributed by atoms with van der Waals surface area (Å²) in [7, 11) is 0. The fraction of sp³-hybridized carbons (Fsp3) is 0.269. The van der Waals surface area contributed by atoms with Crippen LogP contribution in [0.2, 0.25) is 0 Å². The van der Waals surface area contributed by atoms with Crippen LogP contribution in [-0.4, -0.2) is 16.7 Å². The zero-order valence-electron chi connectivity index (χ0n) is 17.7. The van der Waals surface area contributed by atoms with Crippen LogP contribution in [0.3, 0.4) is 0 Å². The lowest BCUT2D eigenvalue weighted by Crippen LogP contribution is -2.25. The number of benzene rings is 3. The standard InChI is InChI=1S/C26H25FO4/c1-26(2)15-19-12-21(27)13-20(25(19)31-26)16-30-22-10-8-18(9-11-24(28)29)23(14-22)17-6-4-3-5-7-17/h3-8,10,12-14H,9,11,15-16H2,1-2H3,(H,28,29). The third kappa shape index (κ3) is 4.88. The molecule has 0 atom stereocenters. The van der Waals surface area contributed by atoms with Crippen LogP contribution in [-0.2, 0) is 24.2 Å². The monoisotopic (exact) mass is 420 g/mol. The largest absolute Gasteiger partial charge is 0.489 e. The molecule has 0 unspecified atom stereocenters. The van der Waals surface area contributed by atoms with E-state index in [0.717, 1.165) is 22.3 Å². The lowest BCUT2D eigenvalue weighted by atomic mass is 9.96.